The second-order valence-electron chi connectivity index (χ2n) is 5.17. The molecule has 1 N–H and O–H groups in total. The van der Waals surface area contributed by atoms with Crippen LogP contribution in [0.4, 0.5) is 0 Å². The molecule has 0 aliphatic carbocycles. The number of rotatable bonds is 4. The molecule has 0 bridgehead atoms. The molecule has 108 valence electrons. The van der Waals surface area contributed by atoms with Crippen LogP contribution >= 0.6 is 0 Å². The Labute approximate surface area is 118 Å². The van der Waals surface area contributed by atoms with E-state index in [0.29, 0.717) is 18.8 Å². The van der Waals surface area contributed by atoms with E-state index in [1.807, 2.05) is 32.0 Å². The lowest BCUT2D eigenvalue weighted by atomic mass is 9.99. The predicted molar refractivity (Wildman–Crippen MR) is 75.3 cm³/mol. The van der Waals surface area contributed by atoms with E-state index >= 15 is 0 Å². The molecule has 1 fully saturated rings. The van der Waals surface area contributed by atoms with Crippen molar-refractivity contribution in [2.45, 2.75) is 19.9 Å². The van der Waals surface area contributed by atoms with Crippen LogP contribution in [0.3, 0.4) is 0 Å². The van der Waals surface area contributed by atoms with Crippen LogP contribution in [-0.2, 0) is 9.59 Å². The minimum Gasteiger partial charge on any atom is -0.484 e. The Morgan fingerprint density at radius 3 is 2.75 bits per heavy atom. The highest BCUT2D eigenvalue weighted by molar-refractivity contribution is 5.89. The molecule has 5 heteroatoms. The van der Waals surface area contributed by atoms with Crippen LogP contribution in [0.1, 0.15) is 13.8 Å². The standard InChI is InChI=1S/C15H20N2O3/c1-11(2)14-15(19)16-8-9-17(14)13(18)10-20-12-6-4-3-5-7-12/h3-7,11,14H,8-10H2,1-2H3,(H,16,19). The molecular weight excluding hydrogens is 256 g/mol. The number of hydrogen-bond donors (Lipinski definition) is 1. The first-order valence-corrected chi connectivity index (χ1v) is 6.84. The number of benzene rings is 1. The van der Waals surface area contributed by atoms with E-state index in [-0.39, 0.29) is 24.3 Å². The van der Waals surface area contributed by atoms with Crippen LogP contribution in [-0.4, -0.2) is 42.5 Å². The quantitative estimate of drug-likeness (QED) is 0.894. The van der Waals surface area contributed by atoms with Crippen molar-refractivity contribution in [3.63, 3.8) is 0 Å². The molecule has 1 saturated heterocycles. The van der Waals surface area contributed by atoms with E-state index in [2.05, 4.69) is 5.32 Å². The molecule has 1 aliphatic heterocycles. The first-order valence-electron chi connectivity index (χ1n) is 6.84. The Bertz CT molecular complexity index is 473. The summed E-state index contributed by atoms with van der Waals surface area (Å²) < 4.78 is 5.46. The fourth-order valence-corrected chi connectivity index (χ4v) is 2.37. The number of amides is 2. The molecule has 1 heterocycles. The number of nitrogens with zero attached hydrogens (tertiary/aromatic N) is 1. The highest BCUT2D eigenvalue weighted by atomic mass is 16.5. The van der Waals surface area contributed by atoms with Crippen molar-refractivity contribution in [2.75, 3.05) is 19.7 Å². The smallest absolute Gasteiger partial charge is 0.261 e. The van der Waals surface area contributed by atoms with E-state index in [1.165, 1.54) is 0 Å². The Morgan fingerprint density at radius 1 is 1.40 bits per heavy atom. The molecule has 2 amide bonds. The maximum atomic E-state index is 12.3. The Morgan fingerprint density at radius 2 is 2.10 bits per heavy atom. The van der Waals surface area contributed by atoms with Crippen LogP contribution in [0.15, 0.2) is 30.3 Å². The zero-order chi connectivity index (χ0) is 14.5. The lowest BCUT2D eigenvalue weighted by molar-refractivity contribution is -0.146. The highest BCUT2D eigenvalue weighted by Crippen LogP contribution is 2.15. The van der Waals surface area contributed by atoms with Crippen molar-refractivity contribution in [3.05, 3.63) is 30.3 Å². The average Bonchev–Trinajstić information content (AvgIpc) is 2.45. The second-order valence-corrected chi connectivity index (χ2v) is 5.17. The summed E-state index contributed by atoms with van der Waals surface area (Å²) in [7, 11) is 0. The molecule has 1 aromatic rings. The zero-order valence-electron chi connectivity index (χ0n) is 11.8. The fraction of sp³-hybridized carbons (Fsp3) is 0.467. The van der Waals surface area contributed by atoms with Gasteiger partial charge in [-0.05, 0) is 18.1 Å². The summed E-state index contributed by atoms with van der Waals surface area (Å²) in [5.41, 5.74) is 0. The average molecular weight is 276 g/mol. The van der Waals surface area contributed by atoms with Gasteiger partial charge in [0.2, 0.25) is 5.91 Å². The van der Waals surface area contributed by atoms with Gasteiger partial charge in [0.15, 0.2) is 6.61 Å². The monoisotopic (exact) mass is 276 g/mol. The number of para-hydroxylation sites is 1. The zero-order valence-corrected chi connectivity index (χ0v) is 11.8. The summed E-state index contributed by atoms with van der Waals surface area (Å²) in [6.07, 6.45) is 0. The molecule has 5 nitrogen and oxygen atoms in total. The SMILES string of the molecule is CC(C)C1C(=O)NCCN1C(=O)COc1ccccc1. The largest absolute Gasteiger partial charge is 0.484 e. The second kappa shape index (κ2) is 6.41. The molecule has 1 unspecified atom stereocenters. The maximum absolute atomic E-state index is 12.3. The van der Waals surface area contributed by atoms with Crippen molar-refractivity contribution in [2.24, 2.45) is 5.92 Å². The Hall–Kier alpha value is -2.04. The summed E-state index contributed by atoms with van der Waals surface area (Å²) in [6, 6.07) is 8.79. The molecule has 0 radical (unpaired) electrons. The van der Waals surface area contributed by atoms with Crippen molar-refractivity contribution in [1.29, 1.82) is 0 Å². The van der Waals surface area contributed by atoms with Gasteiger partial charge in [0.1, 0.15) is 11.8 Å². The van der Waals surface area contributed by atoms with Gasteiger partial charge in [-0.1, -0.05) is 32.0 Å². The minimum absolute atomic E-state index is 0.0412. The minimum atomic E-state index is -0.407. The number of hydrogen-bond acceptors (Lipinski definition) is 3. The van der Waals surface area contributed by atoms with Crippen LogP contribution in [0.25, 0.3) is 0 Å². The van der Waals surface area contributed by atoms with Crippen molar-refractivity contribution < 1.29 is 14.3 Å². The first kappa shape index (κ1) is 14.4. The van der Waals surface area contributed by atoms with E-state index in [9.17, 15) is 9.59 Å². The Kier molecular flexibility index (Phi) is 4.61. The summed E-state index contributed by atoms with van der Waals surface area (Å²) in [5, 5.41) is 2.80. The van der Waals surface area contributed by atoms with Gasteiger partial charge in [-0.25, -0.2) is 0 Å². The fourth-order valence-electron chi connectivity index (χ4n) is 2.37. The molecule has 20 heavy (non-hydrogen) atoms. The Balaban J connectivity index is 1.98. The van der Waals surface area contributed by atoms with E-state index in [4.69, 9.17) is 4.74 Å². The normalized spacial score (nSPS) is 18.9. The van der Waals surface area contributed by atoms with Crippen LogP contribution in [0, 0.1) is 5.92 Å². The van der Waals surface area contributed by atoms with Gasteiger partial charge in [0.25, 0.3) is 5.91 Å². The van der Waals surface area contributed by atoms with Crippen LogP contribution in [0.2, 0.25) is 0 Å². The van der Waals surface area contributed by atoms with Crippen molar-refractivity contribution in [1.82, 2.24) is 10.2 Å². The maximum Gasteiger partial charge on any atom is 0.261 e. The number of nitrogens with one attached hydrogen (secondary N) is 1. The van der Waals surface area contributed by atoms with Gasteiger partial charge in [0, 0.05) is 13.1 Å². The molecule has 0 aromatic heterocycles. The van der Waals surface area contributed by atoms with Crippen LogP contribution < -0.4 is 10.1 Å². The van der Waals surface area contributed by atoms with E-state index in [0.717, 1.165) is 0 Å². The third-order valence-electron chi connectivity index (χ3n) is 3.31. The molecule has 1 atom stereocenters. The molecule has 0 spiro atoms. The van der Waals surface area contributed by atoms with Gasteiger partial charge in [-0.2, -0.15) is 0 Å². The van der Waals surface area contributed by atoms with Gasteiger partial charge in [0.05, 0.1) is 0 Å². The summed E-state index contributed by atoms with van der Waals surface area (Å²) in [5.74, 6) is 0.501. The van der Waals surface area contributed by atoms with Crippen molar-refractivity contribution in [3.8, 4) is 5.75 Å². The van der Waals surface area contributed by atoms with E-state index < -0.39 is 6.04 Å². The summed E-state index contributed by atoms with van der Waals surface area (Å²) in [4.78, 5) is 25.7. The lowest BCUT2D eigenvalue weighted by Crippen LogP contribution is -2.60. The van der Waals surface area contributed by atoms with E-state index in [1.54, 1.807) is 17.0 Å². The molecule has 0 saturated carbocycles. The number of ether oxygens (including phenoxy) is 1. The number of piperazine rings is 1. The summed E-state index contributed by atoms with van der Waals surface area (Å²) in [6.45, 7) is 4.87. The van der Waals surface area contributed by atoms with Gasteiger partial charge >= 0.3 is 0 Å². The number of carbonyl (C=O) groups excluding carboxylic acids is 2. The summed E-state index contributed by atoms with van der Waals surface area (Å²) >= 11 is 0. The third-order valence-corrected chi connectivity index (χ3v) is 3.31. The number of carbonyl (C=O) groups is 2. The lowest BCUT2D eigenvalue weighted by Gasteiger charge is -2.37. The topological polar surface area (TPSA) is 58.6 Å². The van der Waals surface area contributed by atoms with Gasteiger partial charge < -0.3 is 15.0 Å². The van der Waals surface area contributed by atoms with Crippen LogP contribution in [0.5, 0.6) is 5.75 Å². The highest BCUT2D eigenvalue weighted by Gasteiger charge is 2.35. The molecule has 1 aliphatic rings. The third kappa shape index (κ3) is 3.29. The molecule has 1 aromatic carbocycles. The predicted octanol–water partition coefficient (Wildman–Crippen LogP) is 1.05. The molecular formula is C15H20N2O3. The first-order chi connectivity index (χ1) is 9.59. The van der Waals surface area contributed by atoms with Gasteiger partial charge in [-0.15, -0.1) is 0 Å². The van der Waals surface area contributed by atoms with Crippen molar-refractivity contribution >= 4 is 11.8 Å². The molecule has 2 rings (SSSR count). The van der Waals surface area contributed by atoms with Gasteiger partial charge in [-0.3, -0.25) is 9.59 Å².